The molecule has 2 aromatic rings. The number of carbonyl (C=O) groups excluding carboxylic acids is 1. The summed E-state index contributed by atoms with van der Waals surface area (Å²) in [5, 5.41) is 0. The Labute approximate surface area is 170 Å². The van der Waals surface area contributed by atoms with Gasteiger partial charge in [0.05, 0.1) is 0 Å². The van der Waals surface area contributed by atoms with Gasteiger partial charge in [-0.3, -0.25) is 0 Å². The zero-order valence-electron chi connectivity index (χ0n) is 17.6. The van der Waals surface area contributed by atoms with Gasteiger partial charge in [-0.2, -0.15) is 0 Å². The second-order valence-corrected chi connectivity index (χ2v) is 7.26. The van der Waals surface area contributed by atoms with Gasteiger partial charge in [0.25, 0.3) is 0 Å². The van der Waals surface area contributed by atoms with E-state index in [4.69, 9.17) is 9.47 Å². The maximum absolute atomic E-state index is 12.6. The van der Waals surface area contributed by atoms with E-state index in [-0.39, 0.29) is 6.10 Å². The molecule has 0 amide bonds. The molecule has 2 aromatic carbocycles. The van der Waals surface area contributed by atoms with Crippen LogP contribution in [-0.4, -0.2) is 6.16 Å². The summed E-state index contributed by atoms with van der Waals surface area (Å²) in [6.45, 7) is 6.46. The summed E-state index contributed by atoms with van der Waals surface area (Å²) >= 11 is 0. The van der Waals surface area contributed by atoms with Gasteiger partial charge in [0, 0.05) is 0 Å². The quantitative estimate of drug-likeness (QED) is 0.299. The van der Waals surface area contributed by atoms with Gasteiger partial charge < -0.3 is 9.47 Å². The van der Waals surface area contributed by atoms with E-state index < -0.39 is 6.16 Å². The number of hydrogen-bond acceptors (Lipinski definition) is 3. The summed E-state index contributed by atoms with van der Waals surface area (Å²) in [4.78, 5) is 12.6. The number of carbonyl (C=O) groups is 1. The minimum absolute atomic E-state index is 0.277. The van der Waals surface area contributed by atoms with Crippen LogP contribution in [0.1, 0.15) is 82.1 Å². The van der Waals surface area contributed by atoms with Crippen molar-refractivity contribution in [3.63, 3.8) is 0 Å². The van der Waals surface area contributed by atoms with Crippen molar-refractivity contribution in [1.82, 2.24) is 0 Å². The van der Waals surface area contributed by atoms with Crippen LogP contribution in [0.3, 0.4) is 0 Å². The molecule has 0 heterocycles. The molecule has 2 rings (SSSR count). The zero-order valence-corrected chi connectivity index (χ0v) is 17.6. The molecule has 0 aliphatic rings. The van der Waals surface area contributed by atoms with E-state index in [0.717, 1.165) is 62.5 Å². The number of unbranched alkanes of at least 4 members (excludes halogenated alkanes) is 2. The van der Waals surface area contributed by atoms with Crippen molar-refractivity contribution in [2.75, 3.05) is 0 Å². The van der Waals surface area contributed by atoms with Crippen molar-refractivity contribution in [2.24, 2.45) is 0 Å². The second kappa shape index (κ2) is 12.2. The molecule has 0 N–H and O–H groups in total. The summed E-state index contributed by atoms with van der Waals surface area (Å²) in [6, 6.07) is 15.9. The van der Waals surface area contributed by atoms with Gasteiger partial charge in [-0.1, -0.05) is 82.5 Å². The number of hydrogen-bond donors (Lipinski definition) is 0. The Kier molecular flexibility index (Phi) is 9.61. The molecular weight excluding hydrogens is 348 g/mol. The smallest absolute Gasteiger partial charge is 0.426 e. The van der Waals surface area contributed by atoms with Gasteiger partial charge >= 0.3 is 6.16 Å². The van der Waals surface area contributed by atoms with Crippen LogP contribution in [0.2, 0.25) is 0 Å². The van der Waals surface area contributed by atoms with Crippen LogP contribution in [0.25, 0.3) is 0 Å². The average Bonchev–Trinajstić information content (AvgIpc) is 2.71. The Balaban J connectivity index is 2.14. The van der Waals surface area contributed by atoms with E-state index in [1.54, 1.807) is 0 Å². The molecule has 152 valence electrons. The molecule has 1 unspecified atom stereocenters. The van der Waals surface area contributed by atoms with Gasteiger partial charge in [-0.15, -0.1) is 0 Å². The fourth-order valence-electron chi connectivity index (χ4n) is 3.40. The lowest BCUT2D eigenvalue weighted by Crippen LogP contribution is -2.16. The van der Waals surface area contributed by atoms with E-state index in [1.165, 1.54) is 5.56 Å². The van der Waals surface area contributed by atoms with Crippen molar-refractivity contribution in [3.8, 4) is 5.75 Å². The first-order valence-corrected chi connectivity index (χ1v) is 10.7. The van der Waals surface area contributed by atoms with Gasteiger partial charge in [0.15, 0.2) is 0 Å². The Morgan fingerprint density at radius 3 is 2.25 bits per heavy atom. The summed E-state index contributed by atoms with van der Waals surface area (Å²) in [6.07, 6.45) is 7.24. The number of ether oxygens (including phenoxy) is 2. The highest BCUT2D eigenvalue weighted by Gasteiger charge is 2.19. The first-order valence-electron chi connectivity index (χ1n) is 10.7. The molecule has 0 radical (unpaired) electrons. The Bertz CT molecular complexity index is 709. The van der Waals surface area contributed by atoms with Crippen molar-refractivity contribution < 1.29 is 14.3 Å². The molecule has 0 bridgehead atoms. The molecule has 0 spiro atoms. The van der Waals surface area contributed by atoms with Crippen molar-refractivity contribution in [3.05, 3.63) is 65.2 Å². The van der Waals surface area contributed by atoms with Crippen LogP contribution in [0, 0.1) is 0 Å². The molecule has 28 heavy (non-hydrogen) atoms. The Hall–Kier alpha value is -2.29. The van der Waals surface area contributed by atoms with E-state index in [9.17, 15) is 4.79 Å². The molecule has 0 fully saturated rings. The van der Waals surface area contributed by atoms with Crippen molar-refractivity contribution in [1.29, 1.82) is 0 Å². The third-order valence-corrected chi connectivity index (χ3v) is 4.96. The van der Waals surface area contributed by atoms with Gasteiger partial charge in [-0.25, -0.2) is 4.79 Å². The summed E-state index contributed by atoms with van der Waals surface area (Å²) in [5.41, 5.74) is 3.44. The topological polar surface area (TPSA) is 35.5 Å². The largest absolute Gasteiger partial charge is 0.514 e. The predicted molar refractivity (Wildman–Crippen MR) is 115 cm³/mol. The zero-order chi connectivity index (χ0) is 20.2. The second-order valence-electron chi connectivity index (χ2n) is 7.26. The fraction of sp³-hybridized carbons (Fsp3) is 0.480. The third-order valence-electron chi connectivity index (χ3n) is 4.96. The molecule has 0 saturated heterocycles. The van der Waals surface area contributed by atoms with Gasteiger partial charge in [-0.05, 0) is 54.9 Å². The van der Waals surface area contributed by atoms with Crippen LogP contribution in [-0.2, 0) is 17.6 Å². The SMILES string of the molecule is CCCCc1cccc(OC(=O)OC(CCC)c2ccccc2)c1CCCC. The van der Waals surface area contributed by atoms with Crippen LogP contribution < -0.4 is 4.74 Å². The lowest BCUT2D eigenvalue weighted by atomic mass is 9.97. The molecule has 3 nitrogen and oxygen atoms in total. The summed E-state index contributed by atoms with van der Waals surface area (Å²) in [7, 11) is 0. The maximum Gasteiger partial charge on any atom is 0.514 e. The summed E-state index contributed by atoms with van der Waals surface area (Å²) in [5.74, 6) is 0.648. The normalized spacial score (nSPS) is 11.8. The number of aryl methyl sites for hydroxylation is 1. The highest BCUT2D eigenvalue weighted by Crippen LogP contribution is 2.28. The Morgan fingerprint density at radius 2 is 1.57 bits per heavy atom. The van der Waals surface area contributed by atoms with Gasteiger partial charge in [0.1, 0.15) is 11.9 Å². The summed E-state index contributed by atoms with van der Waals surface area (Å²) < 4.78 is 11.4. The monoisotopic (exact) mass is 382 g/mol. The first kappa shape index (κ1) is 22.0. The first-order chi connectivity index (χ1) is 13.7. The molecule has 3 heteroatoms. The van der Waals surface area contributed by atoms with Crippen molar-refractivity contribution in [2.45, 2.75) is 78.2 Å². The van der Waals surface area contributed by atoms with Gasteiger partial charge in [0.2, 0.25) is 0 Å². The van der Waals surface area contributed by atoms with E-state index in [2.05, 4.69) is 26.8 Å². The lowest BCUT2D eigenvalue weighted by Gasteiger charge is -2.19. The standard InChI is InChI=1S/C25H34O3/c1-4-7-14-20-17-12-19-24(22(20)18-8-5-2)28-25(26)27-23(13-6-3)21-15-10-9-11-16-21/h9-12,15-17,19,23H,4-8,13-14,18H2,1-3H3. The van der Waals surface area contributed by atoms with Crippen LogP contribution in [0.4, 0.5) is 4.79 Å². The average molecular weight is 383 g/mol. The van der Waals surface area contributed by atoms with Crippen LogP contribution >= 0.6 is 0 Å². The molecule has 0 aromatic heterocycles. The Morgan fingerprint density at radius 1 is 0.857 bits per heavy atom. The minimum Gasteiger partial charge on any atom is -0.426 e. The van der Waals surface area contributed by atoms with Crippen LogP contribution in [0.15, 0.2) is 48.5 Å². The molecule has 0 aliphatic heterocycles. The van der Waals surface area contributed by atoms with E-state index in [1.807, 2.05) is 42.5 Å². The molecular formula is C25H34O3. The molecule has 0 aliphatic carbocycles. The van der Waals surface area contributed by atoms with E-state index >= 15 is 0 Å². The van der Waals surface area contributed by atoms with E-state index in [0.29, 0.717) is 5.75 Å². The lowest BCUT2D eigenvalue weighted by molar-refractivity contribution is 0.0534. The predicted octanol–water partition coefficient (Wildman–Crippen LogP) is 7.43. The van der Waals surface area contributed by atoms with Crippen LogP contribution in [0.5, 0.6) is 5.75 Å². The fourth-order valence-corrected chi connectivity index (χ4v) is 3.40. The highest BCUT2D eigenvalue weighted by molar-refractivity contribution is 5.65. The number of rotatable bonds is 11. The number of benzene rings is 2. The third kappa shape index (κ3) is 6.70. The molecule has 0 saturated carbocycles. The minimum atomic E-state index is -0.618. The van der Waals surface area contributed by atoms with Crippen molar-refractivity contribution >= 4 is 6.16 Å². The maximum atomic E-state index is 12.6. The highest BCUT2D eigenvalue weighted by atomic mass is 16.7. The molecule has 1 atom stereocenters.